The Balaban J connectivity index is 1.96. The molecule has 2 rings (SSSR count). The Morgan fingerprint density at radius 1 is 1.29 bits per heavy atom. The minimum atomic E-state index is -4.50. The lowest BCUT2D eigenvalue weighted by Gasteiger charge is -2.02. The number of rotatable bonds is 5. The Morgan fingerprint density at radius 2 is 1.95 bits per heavy atom. The van der Waals surface area contributed by atoms with Crippen LogP contribution in [0.3, 0.4) is 0 Å². The van der Waals surface area contributed by atoms with E-state index >= 15 is 0 Å². The normalized spacial score (nSPS) is 11.4. The van der Waals surface area contributed by atoms with Gasteiger partial charge >= 0.3 is 6.18 Å². The van der Waals surface area contributed by atoms with E-state index in [0.717, 1.165) is 11.8 Å². The molecule has 1 aromatic carbocycles. The molecule has 7 heteroatoms. The van der Waals surface area contributed by atoms with Gasteiger partial charge in [-0.05, 0) is 24.1 Å². The fraction of sp³-hybridized carbons (Fsp3) is 0.286. The van der Waals surface area contributed by atoms with E-state index in [1.165, 1.54) is 0 Å². The summed E-state index contributed by atoms with van der Waals surface area (Å²) in [7, 11) is 1.56. The third kappa shape index (κ3) is 4.04. The molecule has 2 aromatic rings. The highest BCUT2D eigenvalue weighted by molar-refractivity contribution is 7.13. The number of carbonyl (C=O) groups excluding carboxylic acids is 1. The maximum absolute atomic E-state index is 12.4. The van der Waals surface area contributed by atoms with Gasteiger partial charge in [-0.15, -0.1) is 11.3 Å². The molecule has 21 heavy (non-hydrogen) atoms. The Kier molecular flexibility index (Phi) is 4.62. The predicted octanol–water partition coefficient (Wildman–Crippen LogP) is 3.99. The molecule has 1 aromatic heterocycles. The zero-order valence-electron chi connectivity index (χ0n) is 11.1. The van der Waals surface area contributed by atoms with E-state index < -0.39 is 11.2 Å². The van der Waals surface area contributed by atoms with Crippen LogP contribution in [-0.4, -0.2) is 17.9 Å². The molecule has 0 N–H and O–H groups in total. The van der Waals surface area contributed by atoms with Crippen molar-refractivity contribution in [2.45, 2.75) is 19.0 Å². The van der Waals surface area contributed by atoms with Crippen molar-refractivity contribution in [3.8, 4) is 5.75 Å². The fourth-order valence-electron chi connectivity index (χ4n) is 1.71. The number of hydrogen-bond donors (Lipinski definition) is 0. The largest absolute Gasteiger partial charge is 0.497 e. The molecule has 0 bridgehead atoms. The average Bonchev–Trinajstić information content (AvgIpc) is 2.95. The molecule has 0 spiro atoms. The Hall–Kier alpha value is -1.89. The molecule has 0 aliphatic carbocycles. The van der Waals surface area contributed by atoms with E-state index in [2.05, 4.69) is 4.98 Å². The van der Waals surface area contributed by atoms with Crippen molar-refractivity contribution in [1.29, 1.82) is 0 Å². The van der Waals surface area contributed by atoms with Crippen LogP contribution in [0.25, 0.3) is 0 Å². The van der Waals surface area contributed by atoms with Crippen LogP contribution in [0.5, 0.6) is 5.75 Å². The van der Waals surface area contributed by atoms with Crippen LogP contribution in [0.2, 0.25) is 0 Å². The fourth-order valence-corrected chi connectivity index (χ4v) is 2.46. The van der Waals surface area contributed by atoms with Crippen molar-refractivity contribution in [3.63, 3.8) is 0 Å². The first-order chi connectivity index (χ1) is 9.90. The number of benzene rings is 1. The van der Waals surface area contributed by atoms with Gasteiger partial charge in [-0.3, -0.25) is 4.79 Å². The molecule has 0 fully saturated rings. The van der Waals surface area contributed by atoms with E-state index in [1.54, 1.807) is 19.2 Å². The average molecular weight is 315 g/mol. The van der Waals surface area contributed by atoms with E-state index in [-0.39, 0.29) is 17.1 Å². The second-order valence-corrected chi connectivity index (χ2v) is 5.33. The third-order valence-electron chi connectivity index (χ3n) is 2.82. The lowest BCUT2D eigenvalue weighted by Crippen LogP contribution is -2.03. The summed E-state index contributed by atoms with van der Waals surface area (Å²) in [6, 6.07) is 7.18. The topological polar surface area (TPSA) is 39.2 Å². The maximum atomic E-state index is 12.4. The van der Waals surface area contributed by atoms with Gasteiger partial charge in [0.25, 0.3) is 0 Å². The maximum Gasteiger partial charge on any atom is 0.443 e. The van der Waals surface area contributed by atoms with E-state index in [4.69, 9.17) is 4.74 Å². The lowest BCUT2D eigenvalue weighted by atomic mass is 10.1. The highest BCUT2D eigenvalue weighted by Crippen LogP contribution is 2.32. The van der Waals surface area contributed by atoms with Crippen LogP contribution in [-0.2, 0) is 12.6 Å². The number of halogens is 3. The number of Topliss-reactive ketones (excluding diaryl/α,β-unsaturated/α-hetero) is 1. The molecular formula is C14H12F3NO2S. The number of aromatic nitrogens is 1. The number of nitrogens with zero attached hydrogens (tertiary/aromatic N) is 1. The molecule has 0 radical (unpaired) electrons. The number of methoxy groups -OCH3 is 1. The monoisotopic (exact) mass is 315 g/mol. The molecule has 1 heterocycles. The van der Waals surface area contributed by atoms with Crippen molar-refractivity contribution in [2.24, 2.45) is 0 Å². The van der Waals surface area contributed by atoms with Crippen molar-refractivity contribution in [3.05, 3.63) is 45.9 Å². The summed E-state index contributed by atoms with van der Waals surface area (Å²) in [4.78, 5) is 15.1. The van der Waals surface area contributed by atoms with Gasteiger partial charge in [0.15, 0.2) is 10.8 Å². The predicted molar refractivity (Wildman–Crippen MR) is 72.8 cm³/mol. The number of hydrogen-bond acceptors (Lipinski definition) is 4. The number of aryl methyl sites for hydroxylation is 1. The molecule has 3 nitrogen and oxygen atoms in total. The first-order valence-corrected chi connectivity index (χ1v) is 6.91. The first kappa shape index (κ1) is 15.5. The minimum Gasteiger partial charge on any atom is -0.497 e. The Bertz CT molecular complexity index is 620. The lowest BCUT2D eigenvalue weighted by molar-refractivity contribution is -0.137. The van der Waals surface area contributed by atoms with Crippen molar-refractivity contribution < 1.29 is 22.7 Å². The number of carbonyl (C=O) groups is 1. The molecule has 0 atom stereocenters. The van der Waals surface area contributed by atoms with Crippen molar-refractivity contribution >= 4 is 17.1 Å². The number of ether oxygens (including phenoxy) is 1. The van der Waals surface area contributed by atoms with Crippen LogP contribution in [0.4, 0.5) is 13.2 Å². The Labute approximate surface area is 123 Å². The van der Waals surface area contributed by atoms with Crippen LogP contribution >= 0.6 is 11.3 Å². The van der Waals surface area contributed by atoms with E-state index in [1.807, 2.05) is 12.1 Å². The van der Waals surface area contributed by atoms with Gasteiger partial charge in [0.05, 0.1) is 12.0 Å². The zero-order chi connectivity index (χ0) is 15.5. The van der Waals surface area contributed by atoms with Crippen LogP contribution in [0, 0.1) is 0 Å². The van der Waals surface area contributed by atoms with Gasteiger partial charge in [-0.25, -0.2) is 4.98 Å². The van der Waals surface area contributed by atoms with Gasteiger partial charge in [-0.2, -0.15) is 13.2 Å². The van der Waals surface area contributed by atoms with Gasteiger partial charge in [0.2, 0.25) is 0 Å². The highest BCUT2D eigenvalue weighted by Gasteiger charge is 2.35. The summed E-state index contributed by atoms with van der Waals surface area (Å²) in [5.41, 5.74) is 0.921. The molecule has 0 amide bonds. The molecule has 0 saturated heterocycles. The van der Waals surface area contributed by atoms with Gasteiger partial charge < -0.3 is 4.74 Å². The smallest absolute Gasteiger partial charge is 0.443 e. The van der Waals surface area contributed by atoms with Crippen LogP contribution in [0.15, 0.2) is 30.5 Å². The van der Waals surface area contributed by atoms with E-state index in [9.17, 15) is 18.0 Å². The summed E-state index contributed by atoms with van der Waals surface area (Å²) >= 11 is 0.383. The standard InChI is InChI=1S/C14H12F3NO2S/c1-20-10-5-2-9(3-6-10)4-7-11(19)12-8-18-13(21-12)14(15,16)17/h2-3,5-6,8H,4,7H2,1H3. The van der Waals surface area contributed by atoms with Crippen LogP contribution < -0.4 is 4.74 Å². The molecule has 0 unspecified atom stereocenters. The minimum absolute atomic E-state index is 0.0378. The summed E-state index contributed by atoms with van der Waals surface area (Å²) in [5.74, 6) is 0.376. The van der Waals surface area contributed by atoms with Gasteiger partial charge in [0, 0.05) is 12.6 Å². The molecule has 0 aliphatic heterocycles. The number of alkyl halides is 3. The van der Waals surface area contributed by atoms with Gasteiger partial charge in [-0.1, -0.05) is 12.1 Å². The Morgan fingerprint density at radius 3 is 2.48 bits per heavy atom. The molecule has 112 valence electrons. The second-order valence-electron chi connectivity index (χ2n) is 4.30. The summed E-state index contributed by atoms with van der Waals surface area (Å²) in [6.07, 6.45) is -2.91. The summed E-state index contributed by atoms with van der Waals surface area (Å²) < 4.78 is 42.3. The zero-order valence-corrected chi connectivity index (χ0v) is 11.9. The molecule has 0 saturated carbocycles. The highest BCUT2D eigenvalue weighted by atomic mass is 32.1. The second kappa shape index (κ2) is 6.26. The molecular weight excluding hydrogens is 303 g/mol. The SMILES string of the molecule is COc1ccc(CCC(=O)c2cnc(C(F)(F)F)s2)cc1. The first-order valence-electron chi connectivity index (χ1n) is 6.09. The molecule has 0 aliphatic rings. The van der Waals surface area contributed by atoms with Gasteiger partial charge in [0.1, 0.15) is 5.75 Å². The summed E-state index contributed by atoms with van der Waals surface area (Å²) in [5, 5.41) is -0.990. The number of thiazole rings is 1. The number of ketones is 1. The summed E-state index contributed by atoms with van der Waals surface area (Å²) in [6.45, 7) is 0. The quantitative estimate of drug-likeness (QED) is 0.783. The van der Waals surface area contributed by atoms with Crippen molar-refractivity contribution in [2.75, 3.05) is 7.11 Å². The van der Waals surface area contributed by atoms with Crippen molar-refractivity contribution in [1.82, 2.24) is 4.98 Å². The van der Waals surface area contributed by atoms with E-state index in [0.29, 0.717) is 23.5 Å². The van der Waals surface area contributed by atoms with Crippen LogP contribution in [0.1, 0.15) is 26.7 Å². The third-order valence-corrected chi connectivity index (χ3v) is 3.91.